The summed E-state index contributed by atoms with van der Waals surface area (Å²) in [5.74, 6) is 1.49. The van der Waals surface area contributed by atoms with Crippen LogP contribution in [0.2, 0.25) is 0 Å². The average Bonchev–Trinajstić information content (AvgIpc) is 3.11. The first-order chi connectivity index (χ1) is 9.74. The number of nitrogens with one attached hydrogen (secondary N) is 2. The second-order valence-electron chi connectivity index (χ2n) is 5.08. The first-order valence-corrected chi connectivity index (χ1v) is 6.72. The monoisotopic (exact) mass is 272 g/mol. The van der Waals surface area contributed by atoms with Crippen LogP contribution in [-0.2, 0) is 6.42 Å². The van der Waals surface area contributed by atoms with Crippen molar-refractivity contribution in [1.29, 1.82) is 0 Å². The van der Waals surface area contributed by atoms with Crippen LogP contribution in [0, 0.1) is 16.0 Å². The molecule has 2 N–H and O–H groups in total. The Labute approximate surface area is 116 Å². The van der Waals surface area contributed by atoms with Crippen LogP contribution >= 0.6 is 0 Å². The van der Waals surface area contributed by atoms with Crippen molar-refractivity contribution in [3.05, 3.63) is 46.4 Å². The van der Waals surface area contributed by atoms with Crippen molar-refractivity contribution in [3.8, 4) is 11.3 Å². The lowest BCUT2D eigenvalue weighted by atomic mass is 10.1. The number of imidazole rings is 1. The van der Waals surface area contributed by atoms with Gasteiger partial charge in [-0.25, -0.2) is 4.98 Å². The second kappa shape index (κ2) is 5.42. The average molecular weight is 272 g/mol. The predicted octanol–water partition coefficient (Wildman–Crippen LogP) is 2.14. The molecule has 1 fully saturated rings. The van der Waals surface area contributed by atoms with Crippen molar-refractivity contribution in [2.24, 2.45) is 5.92 Å². The van der Waals surface area contributed by atoms with Crippen LogP contribution in [0.3, 0.4) is 0 Å². The molecule has 0 spiro atoms. The summed E-state index contributed by atoms with van der Waals surface area (Å²) in [5.41, 5.74) is 1.39. The van der Waals surface area contributed by atoms with E-state index in [1.165, 1.54) is 6.07 Å². The van der Waals surface area contributed by atoms with Crippen LogP contribution in [0.15, 0.2) is 30.5 Å². The zero-order valence-electron chi connectivity index (χ0n) is 11.0. The van der Waals surface area contributed by atoms with E-state index < -0.39 is 0 Å². The SMILES string of the molecule is O=[N+]([O-])c1ccccc1-c1cnc(CC2CCNC2)[nH]1. The van der Waals surface area contributed by atoms with E-state index >= 15 is 0 Å². The first kappa shape index (κ1) is 12.8. The minimum atomic E-state index is -0.364. The van der Waals surface area contributed by atoms with Crippen LogP contribution in [0.5, 0.6) is 0 Å². The first-order valence-electron chi connectivity index (χ1n) is 6.72. The Morgan fingerprint density at radius 2 is 2.25 bits per heavy atom. The summed E-state index contributed by atoms with van der Waals surface area (Å²) in [6, 6.07) is 6.72. The molecular formula is C14H16N4O2. The zero-order chi connectivity index (χ0) is 13.9. The number of nitro benzene ring substituents is 1. The molecule has 0 radical (unpaired) electrons. The number of nitro groups is 1. The third-order valence-corrected chi connectivity index (χ3v) is 3.66. The van der Waals surface area contributed by atoms with E-state index in [1.807, 2.05) is 0 Å². The van der Waals surface area contributed by atoms with Gasteiger partial charge in [0.2, 0.25) is 0 Å². The number of hydrogen-bond donors (Lipinski definition) is 2. The maximum Gasteiger partial charge on any atom is 0.278 e. The molecule has 6 heteroatoms. The fourth-order valence-corrected chi connectivity index (χ4v) is 2.63. The summed E-state index contributed by atoms with van der Waals surface area (Å²) in [5, 5.41) is 14.4. The van der Waals surface area contributed by atoms with E-state index in [4.69, 9.17) is 0 Å². The molecule has 1 aliphatic rings. The van der Waals surface area contributed by atoms with E-state index in [-0.39, 0.29) is 10.6 Å². The highest BCUT2D eigenvalue weighted by Gasteiger charge is 2.19. The van der Waals surface area contributed by atoms with Crippen LogP contribution in [0.25, 0.3) is 11.3 Å². The number of benzene rings is 1. The topological polar surface area (TPSA) is 83.8 Å². The molecule has 1 atom stereocenters. The number of nitrogens with zero attached hydrogens (tertiary/aromatic N) is 2. The summed E-state index contributed by atoms with van der Waals surface area (Å²) in [4.78, 5) is 18.2. The van der Waals surface area contributed by atoms with E-state index in [0.29, 0.717) is 17.2 Å². The van der Waals surface area contributed by atoms with Crippen LogP contribution in [0.4, 0.5) is 5.69 Å². The van der Waals surface area contributed by atoms with Gasteiger partial charge < -0.3 is 10.3 Å². The molecule has 1 aliphatic heterocycles. The number of rotatable bonds is 4. The van der Waals surface area contributed by atoms with Crippen LogP contribution in [0.1, 0.15) is 12.2 Å². The molecule has 1 aromatic heterocycles. The largest absolute Gasteiger partial charge is 0.342 e. The van der Waals surface area contributed by atoms with Gasteiger partial charge in [0.15, 0.2) is 0 Å². The quantitative estimate of drug-likeness (QED) is 0.659. The van der Waals surface area contributed by atoms with Crippen molar-refractivity contribution in [1.82, 2.24) is 15.3 Å². The maximum atomic E-state index is 11.0. The van der Waals surface area contributed by atoms with Crippen LogP contribution < -0.4 is 5.32 Å². The summed E-state index contributed by atoms with van der Waals surface area (Å²) >= 11 is 0. The Bertz CT molecular complexity index is 617. The summed E-state index contributed by atoms with van der Waals surface area (Å²) in [6.07, 6.45) is 3.72. The zero-order valence-corrected chi connectivity index (χ0v) is 11.0. The van der Waals surface area contributed by atoms with Gasteiger partial charge in [-0.1, -0.05) is 12.1 Å². The van der Waals surface area contributed by atoms with E-state index in [1.54, 1.807) is 24.4 Å². The van der Waals surface area contributed by atoms with Crippen LogP contribution in [-0.4, -0.2) is 28.0 Å². The molecule has 104 valence electrons. The lowest BCUT2D eigenvalue weighted by molar-refractivity contribution is -0.384. The Balaban J connectivity index is 1.84. The lowest BCUT2D eigenvalue weighted by Crippen LogP contribution is -2.11. The molecule has 1 unspecified atom stereocenters. The van der Waals surface area contributed by atoms with Gasteiger partial charge in [-0.3, -0.25) is 10.1 Å². The van der Waals surface area contributed by atoms with Gasteiger partial charge in [0.1, 0.15) is 5.82 Å². The molecule has 0 bridgehead atoms. The van der Waals surface area contributed by atoms with Gasteiger partial charge in [0, 0.05) is 12.5 Å². The molecule has 0 saturated carbocycles. The normalized spacial score (nSPS) is 18.3. The Morgan fingerprint density at radius 3 is 3.00 bits per heavy atom. The van der Waals surface area contributed by atoms with E-state index in [0.717, 1.165) is 31.8 Å². The molecule has 3 rings (SSSR count). The Kier molecular flexibility index (Phi) is 3.47. The third kappa shape index (κ3) is 2.55. The van der Waals surface area contributed by atoms with E-state index in [2.05, 4.69) is 15.3 Å². The van der Waals surface area contributed by atoms with Crippen molar-refractivity contribution in [2.45, 2.75) is 12.8 Å². The highest BCUT2D eigenvalue weighted by molar-refractivity contribution is 5.70. The van der Waals surface area contributed by atoms with Gasteiger partial charge >= 0.3 is 0 Å². The number of aromatic amines is 1. The molecule has 6 nitrogen and oxygen atoms in total. The highest BCUT2D eigenvalue weighted by Crippen LogP contribution is 2.28. The Hall–Kier alpha value is -2.21. The maximum absolute atomic E-state index is 11.0. The Morgan fingerprint density at radius 1 is 1.40 bits per heavy atom. The van der Waals surface area contributed by atoms with Gasteiger partial charge in [-0.2, -0.15) is 0 Å². The minimum Gasteiger partial charge on any atom is -0.342 e. The number of hydrogen-bond acceptors (Lipinski definition) is 4. The third-order valence-electron chi connectivity index (χ3n) is 3.66. The molecule has 1 saturated heterocycles. The number of para-hydroxylation sites is 1. The molecule has 2 aromatic rings. The summed E-state index contributed by atoms with van der Waals surface area (Å²) in [6.45, 7) is 2.07. The second-order valence-corrected chi connectivity index (χ2v) is 5.08. The predicted molar refractivity (Wildman–Crippen MR) is 75.4 cm³/mol. The molecule has 0 aliphatic carbocycles. The summed E-state index contributed by atoms with van der Waals surface area (Å²) in [7, 11) is 0. The summed E-state index contributed by atoms with van der Waals surface area (Å²) < 4.78 is 0. The van der Waals surface area contributed by atoms with Crippen molar-refractivity contribution >= 4 is 5.69 Å². The molecule has 0 amide bonds. The molecule has 2 heterocycles. The van der Waals surface area contributed by atoms with Crippen molar-refractivity contribution in [3.63, 3.8) is 0 Å². The lowest BCUT2D eigenvalue weighted by Gasteiger charge is -2.04. The van der Waals surface area contributed by atoms with Gasteiger partial charge in [-0.15, -0.1) is 0 Å². The molecule has 1 aromatic carbocycles. The highest BCUT2D eigenvalue weighted by atomic mass is 16.6. The van der Waals surface area contributed by atoms with Gasteiger partial charge in [0.25, 0.3) is 5.69 Å². The fraction of sp³-hybridized carbons (Fsp3) is 0.357. The van der Waals surface area contributed by atoms with Gasteiger partial charge in [-0.05, 0) is 31.5 Å². The van der Waals surface area contributed by atoms with Crippen molar-refractivity contribution in [2.75, 3.05) is 13.1 Å². The minimum absolute atomic E-state index is 0.102. The fourth-order valence-electron chi connectivity index (χ4n) is 2.63. The smallest absolute Gasteiger partial charge is 0.278 e. The molecule has 20 heavy (non-hydrogen) atoms. The standard InChI is InChI=1S/C14H16N4O2/c19-18(20)13-4-2-1-3-11(13)12-9-16-14(17-12)7-10-5-6-15-8-10/h1-4,9-10,15H,5-8H2,(H,16,17). The number of aromatic nitrogens is 2. The number of H-pyrrole nitrogens is 1. The van der Waals surface area contributed by atoms with Crippen molar-refractivity contribution < 1.29 is 4.92 Å². The van der Waals surface area contributed by atoms with E-state index in [9.17, 15) is 10.1 Å². The van der Waals surface area contributed by atoms with Gasteiger partial charge in [0.05, 0.1) is 22.4 Å². The molecular weight excluding hydrogens is 256 g/mol.